The fraction of sp³-hybridized carbons (Fsp3) is 0.0769. The lowest BCUT2D eigenvalue weighted by atomic mass is 10.1. The zero-order chi connectivity index (χ0) is 14.7. The van der Waals surface area contributed by atoms with E-state index >= 15 is 0 Å². The van der Waals surface area contributed by atoms with Gasteiger partial charge in [0.2, 0.25) is 5.82 Å². The molecule has 0 spiro atoms. The summed E-state index contributed by atoms with van der Waals surface area (Å²) < 4.78 is 40.1. The summed E-state index contributed by atoms with van der Waals surface area (Å²) in [5.41, 5.74) is -0.817. The quantitative estimate of drug-likeness (QED) is 0.688. The van der Waals surface area contributed by atoms with Crippen LogP contribution >= 0.6 is 0 Å². The smallest absolute Gasteiger partial charge is 0.305 e. The Morgan fingerprint density at radius 1 is 1.05 bits per heavy atom. The summed E-state index contributed by atoms with van der Waals surface area (Å²) in [6.07, 6.45) is 0. The molecule has 2 aromatic carbocycles. The van der Waals surface area contributed by atoms with Crippen molar-refractivity contribution in [2.24, 2.45) is 0 Å². The number of nitrogens with one attached hydrogen (secondary N) is 1. The van der Waals surface area contributed by atoms with Gasteiger partial charge in [0.15, 0.2) is 11.6 Å². The van der Waals surface area contributed by atoms with Gasteiger partial charge in [0, 0.05) is 18.2 Å². The third kappa shape index (κ3) is 2.71. The molecule has 0 radical (unpaired) electrons. The van der Waals surface area contributed by atoms with Crippen molar-refractivity contribution in [2.45, 2.75) is 6.54 Å². The zero-order valence-electron chi connectivity index (χ0n) is 10.1. The van der Waals surface area contributed by atoms with Crippen molar-refractivity contribution in [1.82, 2.24) is 0 Å². The maximum atomic E-state index is 13.8. The predicted molar refractivity (Wildman–Crippen MR) is 66.7 cm³/mol. The van der Waals surface area contributed by atoms with Gasteiger partial charge in [-0.2, -0.15) is 4.39 Å². The first-order valence-electron chi connectivity index (χ1n) is 5.60. The molecule has 0 saturated carbocycles. The number of rotatable bonds is 4. The molecule has 2 rings (SSSR count). The standard InChI is InChI=1S/C13H9F3N2O2/c14-9-4-2-5-10(13(9)16)17-7-8-3-1-6-11(12(8)15)18(19)20/h1-6,17H,7H2. The maximum Gasteiger partial charge on any atom is 0.305 e. The Hall–Kier alpha value is -2.57. The fourth-order valence-corrected chi connectivity index (χ4v) is 1.67. The van der Waals surface area contributed by atoms with Crippen molar-refractivity contribution in [3.8, 4) is 0 Å². The molecule has 20 heavy (non-hydrogen) atoms. The number of benzene rings is 2. The molecule has 0 amide bonds. The average molecular weight is 282 g/mol. The monoisotopic (exact) mass is 282 g/mol. The van der Waals surface area contributed by atoms with E-state index in [1.807, 2.05) is 0 Å². The molecule has 0 aromatic heterocycles. The van der Waals surface area contributed by atoms with Crippen molar-refractivity contribution in [2.75, 3.05) is 5.32 Å². The molecule has 0 atom stereocenters. The number of hydrogen-bond acceptors (Lipinski definition) is 3. The second-order valence-electron chi connectivity index (χ2n) is 3.96. The molecule has 0 unspecified atom stereocenters. The lowest BCUT2D eigenvalue weighted by molar-refractivity contribution is -0.387. The molecule has 1 N–H and O–H groups in total. The van der Waals surface area contributed by atoms with Gasteiger partial charge in [-0.15, -0.1) is 0 Å². The lowest BCUT2D eigenvalue weighted by Gasteiger charge is -2.08. The van der Waals surface area contributed by atoms with Crippen molar-refractivity contribution in [1.29, 1.82) is 0 Å². The van der Waals surface area contributed by atoms with E-state index in [9.17, 15) is 23.3 Å². The minimum Gasteiger partial charge on any atom is -0.378 e. The van der Waals surface area contributed by atoms with Gasteiger partial charge >= 0.3 is 5.69 Å². The first-order valence-corrected chi connectivity index (χ1v) is 5.60. The van der Waals surface area contributed by atoms with Crippen LogP contribution in [0, 0.1) is 27.6 Å². The van der Waals surface area contributed by atoms with Crippen molar-refractivity contribution >= 4 is 11.4 Å². The third-order valence-corrected chi connectivity index (χ3v) is 2.68. The second-order valence-corrected chi connectivity index (χ2v) is 3.96. The van der Waals surface area contributed by atoms with E-state index in [0.29, 0.717) is 0 Å². The van der Waals surface area contributed by atoms with Gasteiger partial charge in [-0.05, 0) is 12.1 Å². The van der Waals surface area contributed by atoms with E-state index in [-0.39, 0.29) is 17.8 Å². The van der Waals surface area contributed by atoms with Gasteiger partial charge in [-0.25, -0.2) is 8.78 Å². The van der Waals surface area contributed by atoms with Crippen LogP contribution in [0.15, 0.2) is 36.4 Å². The molecule has 0 saturated heterocycles. The largest absolute Gasteiger partial charge is 0.378 e. The molecule has 0 bridgehead atoms. The highest BCUT2D eigenvalue weighted by molar-refractivity contribution is 5.46. The molecule has 0 aliphatic heterocycles. The maximum absolute atomic E-state index is 13.8. The zero-order valence-corrected chi connectivity index (χ0v) is 10.1. The Balaban J connectivity index is 2.21. The minimum atomic E-state index is -1.08. The molecule has 0 heterocycles. The van der Waals surface area contributed by atoms with E-state index in [4.69, 9.17) is 0 Å². The van der Waals surface area contributed by atoms with E-state index in [1.165, 1.54) is 24.3 Å². The van der Waals surface area contributed by atoms with E-state index in [0.717, 1.165) is 12.1 Å². The summed E-state index contributed by atoms with van der Waals surface area (Å²) in [6.45, 7) is -0.201. The Bertz CT molecular complexity index is 662. The summed E-state index contributed by atoms with van der Waals surface area (Å²) in [5, 5.41) is 13.1. The highest BCUT2D eigenvalue weighted by atomic mass is 19.2. The van der Waals surface area contributed by atoms with E-state index in [2.05, 4.69) is 5.32 Å². The van der Waals surface area contributed by atoms with Gasteiger partial charge in [-0.1, -0.05) is 18.2 Å². The van der Waals surface area contributed by atoms with Crippen molar-refractivity contribution in [3.63, 3.8) is 0 Å². The van der Waals surface area contributed by atoms with E-state index < -0.39 is 28.1 Å². The second kappa shape index (κ2) is 5.60. The summed E-state index contributed by atoms with van der Waals surface area (Å²) in [4.78, 5) is 9.74. The topological polar surface area (TPSA) is 55.2 Å². The molecule has 2 aromatic rings. The molecule has 104 valence electrons. The molecule has 0 aliphatic rings. The van der Waals surface area contributed by atoms with Gasteiger partial charge < -0.3 is 5.32 Å². The van der Waals surface area contributed by atoms with Gasteiger partial charge in [0.1, 0.15) is 0 Å². The van der Waals surface area contributed by atoms with Crippen LogP contribution in [0.25, 0.3) is 0 Å². The Labute approximate surface area is 112 Å². The van der Waals surface area contributed by atoms with Gasteiger partial charge in [0.05, 0.1) is 10.6 Å². The summed E-state index contributed by atoms with van der Waals surface area (Å²) in [6, 6.07) is 7.21. The van der Waals surface area contributed by atoms with Crippen molar-refractivity contribution < 1.29 is 18.1 Å². The van der Waals surface area contributed by atoms with E-state index in [1.54, 1.807) is 0 Å². The van der Waals surface area contributed by atoms with Crippen LogP contribution in [0.4, 0.5) is 24.5 Å². The van der Waals surface area contributed by atoms with Crippen LogP contribution in [0.2, 0.25) is 0 Å². The third-order valence-electron chi connectivity index (χ3n) is 2.68. The van der Waals surface area contributed by atoms with Crippen molar-refractivity contribution in [3.05, 3.63) is 69.5 Å². The fourth-order valence-electron chi connectivity index (χ4n) is 1.67. The number of anilines is 1. The molecular formula is C13H9F3N2O2. The normalized spacial score (nSPS) is 10.3. The number of nitro benzene ring substituents is 1. The molecule has 7 heteroatoms. The number of halogens is 3. The Kier molecular flexibility index (Phi) is 3.88. The Morgan fingerprint density at radius 3 is 2.45 bits per heavy atom. The number of nitrogens with zero attached hydrogens (tertiary/aromatic N) is 1. The number of hydrogen-bond donors (Lipinski definition) is 1. The molecular weight excluding hydrogens is 273 g/mol. The highest BCUT2D eigenvalue weighted by Gasteiger charge is 2.17. The molecule has 0 aliphatic carbocycles. The Morgan fingerprint density at radius 2 is 1.75 bits per heavy atom. The minimum absolute atomic E-state index is 0.0112. The van der Waals surface area contributed by atoms with Crippen LogP contribution < -0.4 is 5.32 Å². The number of nitro groups is 1. The lowest BCUT2D eigenvalue weighted by Crippen LogP contribution is -2.06. The van der Waals surface area contributed by atoms with Crippen LogP contribution in [0.5, 0.6) is 0 Å². The molecule has 4 nitrogen and oxygen atoms in total. The summed E-state index contributed by atoms with van der Waals surface area (Å²) >= 11 is 0. The average Bonchev–Trinajstić information content (AvgIpc) is 2.41. The SMILES string of the molecule is O=[N+]([O-])c1cccc(CNc2cccc(F)c2F)c1F. The first-order chi connectivity index (χ1) is 9.50. The van der Waals surface area contributed by atoms with Gasteiger partial charge in [-0.3, -0.25) is 10.1 Å². The molecule has 0 fully saturated rings. The van der Waals surface area contributed by atoms with Gasteiger partial charge in [0.25, 0.3) is 0 Å². The predicted octanol–water partition coefficient (Wildman–Crippen LogP) is 3.62. The highest BCUT2D eigenvalue weighted by Crippen LogP contribution is 2.22. The first kappa shape index (κ1) is 13.9. The van der Waals surface area contributed by atoms with Crippen LogP contribution in [-0.4, -0.2) is 4.92 Å². The summed E-state index contributed by atoms with van der Waals surface area (Å²) in [5.74, 6) is -3.12. The van der Waals surface area contributed by atoms with Crippen LogP contribution in [-0.2, 0) is 6.54 Å². The summed E-state index contributed by atoms with van der Waals surface area (Å²) in [7, 11) is 0. The van der Waals surface area contributed by atoms with Crippen LogP contribution in [0.3, 0.4) is 0 Å². The van der Waals surface area contributed by atoms with Crippen LogP contribution in [0.1, 0.15) is 5.56 Å².